The average Bonchev–Trinajstić information content (AvgIpc) is 2.49. The highest BCUT2D eigenvalue weighted by Crippen LogP contribution is 2.13. The molecule has 2 rings (SSSR count). The van der Waals surface area contributed by atoms with E-state index in [1.807, 2.05) is 42.5 Å². The molecule has 0 saturated carbocycles. The largest absolute Gasteiger partial charge is 0.326 e. The molecule has 0 heterocycles. The Hall–Kier alpha value is -1.61. The number of carbonyl (C=O) groups is 1. The minimum atomic E-state index is 0.0764. The number of amides is 1. The van der Waals surface area contributed by atoms with Gasteiger partial charge in [-0.15, -0.1) is 0 Å². The number of alkyl halides is 1. The van der Waals surface area contributed by atoms with Crippen molar-refractivity contribution in [3.05, 3.63) is 65.7 Å². The first-order chi connectivity index (χ1) is 9.78. The number of carbonyl (C=O) groups excluding carboxylic acids is 1. The molecule has 0 fully saturated rings. The van der Waals surface area contributed by atoms with Crippen LogP contribution in [0.25, 0.3) is 0 Å². The normalized spacial score (nSPS) is 10.2. The fourth-order valence-electron chi connectivity index (χ4n) is 2.00. The Bertz CT molecular complexity index is 537. The van der Waals surface area contributed by atoms with Crippen LogP contribution in [0.1, 0.15) is 24.0 Å². The predicted molar refractivity (Wildman–Crippen MR) is 87.1 cm³/mol. The summed E-state index contributed by atoms with van der Waals surface area (Å²) in [4.78, 5) is 11.8. The van der Waals surface area contributed by atoms with E-state index in [9.17, 15) is 4.79 Å². The molecule has 0 aliphatic carbocycles. The molecule has 0 unspecified atom stereocenters. The molecule has 0 spiro atoms. The van der Waals surface area contributed by atoms with Crippen LogP contribution >= 0.6 is 15.9 Å². The van der Waals surface area contributed by atoms with Gasteiger partial charge in [0.2, 0.25) is 5.91 Å². The van der Waals surface area contributed by atoms with Gasteiger partial charge in [0.05, 0.1) is 0 Å². The van der Waals surface area contributed by atoms with Gasteiger partial charge in [-0.2, -0.15) is 0 Å². The van der Waals surface area contributed by atoms with Crippen molar-refractivity contribution in [1.82, 2.24) is 0 Å². The Kier molecular flexibility index (Phi) is 5.81. The molecule has 0 atom stereocenters. The summed E-state index contributed by atoms with van der Waals surface area (Å²) in [6.45, 7) is 0. The summed E-state index contributed by atoms with van der Waals surface area (Å²) in [6.07, 6.45) is 2.36. The summed E-state index contributed by atoms with van der Waals surface area (Å²) < 4.78 is 0. The molecule has 1 N–H and O–H groups in total. The SMILES string of the molecule is O=C(CCCc1ccccc1)Nc1ccc(CBr)cc1. The third kappa shape index (κ3) is 4.82. The summed E-state index contributed by atoms with van der Waals surface area (Å²) in [6, 6.07) is 18.1. The molecule has 0 aliphatic rings. The maximum Gasteiger partial charge on any atom is 0.224 e. The van der Waals surface area contributed by atoms with Crippen molar-refractivity contribution >= 4 is 27.5 Å². The van der Waals surface area contributed by atoms with E-state index in [2.05, 4.69) is 33.4 Å². The second kappa shape index (κ2) is 7.85. The number of hydrogen-bond donors (Lipinski definition) is 1. The van der Waals surface area contributed by atoms with Crippen LogP contribution in [0.2, 0.25) is 0 Å². The molecule has 2 aromatic rings. The minimum absolute atomic E-state index is 0.0764. The lowest BCUT2D eigenvalue weighted by Gasteiger charge is -2.06. The molecule has 1 amide bonds. The highest BCUT2D eigenvalue weighted by molar-refractivity contribution is 9.08. The van der Waals surface area contributed by atoms with E-state index in [4.69, 9.17) is 0 Å². The van der Waals surface area contributed by atoms with Crippen LogP contribution in [0, 0.1) is 0 Å². The fourth-order valence-corrected chi connectivity index (χ4v) is 2.37. The third-order valence-electron chi connectivity index (χ3n) is 3.10. The fraction of sp³-hybridized carbons (Fsp3) is 0.235. The maximum atomic E-state index is 11.8. The van der Waals surface area contributed by atoms with Gasteiger partial charge in [0, 0.05) is 17.4 Å². The van der Waals surface area contributed by atoms with E-state index in [0.717, 1.165) is 23.9 Å². The molecule has 20 heavy (non-hydrogen) atoms. The number of halogens is 1. The molecule has 104 valence electrons. The summed E-state index contributed by atoms with van der Waals surface area (Å²) in [5, 5.41) is 3.76. The van der Waals surface area contributed by atoms with Crippen LogP contribution in [0.15, 0.2) is 54.6 Å². The number of nitrogens with one attached hydrogen (secondary N) is 1. The molecule has 3 heteroatoms. The predicted octanol–water partition coefficient (Wildman–Crippen LogP) is 4.54. The second-order valence-corrected chi connectivity index (χ2v) is 5.28. The number of anilines is 1. The number of rotatable bonds is 6. The average molecular weight is 332 g/mol. The number of hydrogen-bond acceptors (Lipinski definition) is 1. The van der Waals surface area contributed by atoms with Crippen molar-refractivity contribution in [2.75, 3.05) is 5.32 Å². The number of aryl methyl sites for hydroxylation is 1. The quantitative estimate of drug-likeness (QED) is 0.773. The summed E-state index contributed by atoms with van der Waals surface area (Å²) in [5.41, 5.74) is 3.34. The first-order valence-electron chi connectivity index (χ1n) is 6.76. The number of benzene rings is 2. The second-order valence-electron chi connectivity index (χ2n) is 4.72. The molecule has 0 saturated heterocycles. The Morgan fingerprint density at radius 2 is 1.65 bits per heavy atom. The van der Waals surface area contributed by atoms with E-state index in [0.29, 0.717) is 6.42 Å². The van der Waals surface area contributed by atoms with Crippen LogP contribution in [-0.2, 0) is 16.5 Å². The summed E-state index contributed by atoms with van der Waals surface area (Å²) >= 11 is 3.40. The molecule has 2 nitrogen and oxygen atoms in total. The van der Waals surface area contributed by atoms with E-state index in [-0.39, 0.29) is 5.91 Å². The highest BCUT2D eigenvalue weighted by atomic mass is 79.9. The van der Waals surface area contributed by atoms with Gasteiger partial charge in [-0.05, 0) is 36.1 Å². The van der Waals surface area contributed by atoms with Crippen LogP contribution in [-0.4, -0.2) is 5.91 Å². The van der Waals surface area contributed by atoms with Crippen LogP contribution < -0.4 is 5.32 Å². The van der Waals surface area contributed by atoms with E-state index in [1.165, 1.54) is 11.1 Å². The van der Waals surface area contributed by atoms with Crippen LogP contribution in [0.5, 0.6) is 0 Å². The first-order valence-corrected chi connectivity index (χ1v) is 7.89. The molecular weight excluding hydrogens is 314 g/mol. The minimum Gasteiger partial charge on any atom is -0.326 e. The van der Waals surface area contributed by atoms with Gasteiger partial charge in [-0.1, -0.05) is 58.4 Å². The van der Waals surface area contributed by atoms with E-state index >= 15 is 0 Å². The van der Waals surface area contributed by atoms with Gasteiger partial charge < -0.3 is 5.32 Å². The molecular formula is C17H18BrNO. The first kappa shape index (κ1) is 14.8. The smallest absolute Gasteiger partial charge is 0.224 e. The van der Waals surface area contributed by atoms with Crippen molar-refractivity contribution in [3.63, 3.8) is 0 Å². The van der Waals surface area contributed by atoms with Gasteiger partial charge in [-0.3, -0.25) is 4.79 Å². The lowest BCUT2D eigenvalue weighted by molar-refractivity contribution is -0.116. The van der Waals surface area contributed by atoms with Crippen LogP contribution in [0.3, 0.4) is 0 Å². The topological polar surface area (TPSA) is 29.1 Å². The molecule has 0 bridgehead atoms. The molecule has 0 aliphatic heterocycles. The third-order valence-corrected chi connectivity index (χ3v) is 3.75. The van der Waals surface area contributed by atoms with Crippen molar-refractivity contribution in [3.8, 4) is 0 Å². The lowest BCUT2D eigenvalue weighted by atomic mass is 10.1. The van der Waals surface area contributed by atoms with Gasteiger partial charge in [-0.25, -0.2) is 0 Å². The Morgan fingerprint density at radius 1 is 0.950 bits per heavy atom. The van der Waals surface area contributed by atoms with Gasteiger partial charge >= 0.3 is 0 Å². The lowest BCUT2D eigenvalue weighted by Crippen LogP contribution is -2.11. The van der Waals surface area contributed by atoms with Gasteiger partial charge in [0.15, 0.2) is 0 Å². The van der Waals surface area contributed by atoms with Gasteiger partial charge in [0.1, 0.15) is 0 Å². The van der Waals surface area contributed by atoms with Crippen molar-refractivity contribution in [2.45, 2.75) is 24.6 Å². The summed E-state index contributed by atoms with van der Waals surface area (Å²) in [5.74, 6) is 0.0764. The Morgan fingerprint density at radius 3 is 2.30 bits per heavy atom. The maximum absolute atomic E-state index is 11.8. The summed E-state index contributed by atoms with van der Waals surface area (Å²) in [7, 11) is 0. The molecule has 2 aromatic carbocycles. The molecule has 0 radical (unpaired) electrons. The highest BCUT2D eigenvalue weighted by Gasteiger charge is 2.02. The van der Waals surface area contributed by atoms with Crippen LogP contribution in [0.4, 0.5) is 5.69 Å². The monoisotopic (exact) mass is 331 g/mol. The van der Waals surface area contributed by atoms with Crippen molar-refractivity contribution in [1.29, 1.82) is 0 Å². The zero-order valence-corrected chi connectivity index (χ0v) is 12.9. The van der Waals surface area contributed by atoms with Crippen molar-refractivity contribution < 1.29 is 4.79 Å². The zero-order chi connectivity index (χ0) is 14.2. The van der Waals surface area contributed by atoms with Crippen molar-refractivity contribution in [2.24, 2.45) is 0 Å². The standard InChI is InChI=1S/C17H18BrNO/c18-13-15-9-11-16(12-10-15)19-17(20)8-4-7-14-5-2-1-3-6-14/h1-3,5-6,9-12H,4,7-8,13H2,(H,19,20). The van der Waals surface area contributed by atoms with Gasteiger partial charge in [0.25, 0.3) is 0 Å². The van der Waals surface area contributed by atoms with E-state index < -0.39 is 0 Å². The Balaban J connectivity index is 1.74. The Labute approximate surface area is 128 Å². The molecule has 0 aromatic heterocycles. The van der Waals surface area contributed by atoms with E-state index in [1.54, 1.807) is 0 Å². The zero-order valence-electron chi connectivity index (χ0n) is 11.3.